The molecule has 6 nitrogen and oxygen atoms in total. The molecular formula is C16H23FN2O4. The molecule has 0 saturated carbocycles. The molecule has 0 unspecified atom stereocenters. The van der Waals surface area contributed by atoms with Crippen molar-refractivity contribution in [2.24, 2.45) is 0 Å². The van der Waals surface area contributed by atoms with E-state index in [0.717, 1.165) is 0 Å². The molecule has 0 aliphatic carbocycles. The molecule has 3 N–H and O–H groups in total. The Hall–Kier alpha value is -1.70. The Kier molecular flexibility index (Phi) is 5.92. The van der Waals surface area contributed by atoms with Crippen LogP contribution in [0.1, 0.15) is 18.4 Å². The van der Waals surface area contributed by atoms with Crippen molar-refractivity contribution in [1.82, 2.24) is 10.2 Å². The van der Waals surface area contributed by atoms with Gasteiger partial charge in [-0.05, 0) is 31.0 Å². The molecule has 1 atom stereocenters. The van der Waals surface area contributed by atoms with Crippen molar-refractivity contribution in [2.45, 2.75) is 25.0 Å². The van der Waals surface area contributed by atoms with Crippen LogP contribution in [0, 0.1) is 5.82 Å². The van der Waals surface area contributed by atoms with Gasteiger partial charge in [0.05, 0.1) is 13.7 Å². The van der Waals surface area contributed by atoms with Gasteiger partial charge in [-0.15, -0.1) is 0 Å². The number of aliphatic hydroxyl groups is 2. The highest BCUT2D eigenvalue weighted by atomic mass is 19.1. The molecule has 1 saturated heterocycles. The van der Waals surface area contributed by atoms with Gasteiger partial charge >= 0.3 is 0 Å². The van der Waals surface area contributed by atoms with Gasteiger partial charge in [0.1, 0.15) is 11.6 Å². The summed E-state index contributed by atoms with van der Waals surface area (Å²) in [6.45, 7) is 0.870. The van der Waals surface area contributed by atoms with Gasteiger partial charge in [-0.3, -0.25) is 4.79 Å². The second-order valence-corrected chi connectivity index (χ2v) is 5.72. The first-order valence-electron chi connectivity index (χ1n) is 7.66. The summed E-state index contributed by atoms with van der Waals surface area (Å²) in [5.41, 5.74) is -1.16. The van der Waals surface area contributed by atoms with Crippen LogP contribution in [-0.2, 0) is 11.3 Å². The fraction of sp³-hybridized carbons (Fsp3) is 0.562. The Labute approximate surface area is 134 Å². The lowest BCUT2D eigenvalue weighted by molar-refractivity contribution is -0.157. The maximum absolute atomic E-state index is 13.9. The quantitative estimate of drug-likeness (QED) is 0.627. The Morgan fingerprint density at radius 2 is 2.26 bits per heavy atom. The van der Waals surface area contributed by atoms with Crippen LogP contribution in [-0.4, -0.2) is 60.0 Å². The summed E-state index contributed by atoms with van der Waals surface area (Å²) in [6, 6.07) is 4.38. The lowest BCUT2D eigenvalue weighted by Gasteiger charge is -2.38. The van der Waals surface area contributed by atoms with E-state index in [2.05, 4.69) is 5.32 Å². The largest absolute Gasteiger partial charge is 0.497 e. The third-order valence-corrected chi connectivity index (χ3v) is 4.02. The van der Waals surface area contributed by atoms with Gasteiger partial charge in [-0.25, -0.2) is 4.39 Å². The highest BCUT2D eigenvalue weighted by Crippen LogP contribution is 2.25. The number of ether oxygens (including phenoxy) is 1. The zero-order valence-corrected chi connectivity index (χ0v) is 13.2. The molecule has 1 fully saturated rings. The number of methoxy groups -OCH3 is 1. The Bertz CT molecular complexity index is 555. The van der Waals surface area contributed by atoms with Crippen molar-refractivity contribution in [3.05, 3.63) is 29.6 Å². The Morgan fingerprint density at radius 1 is 1.48 bits per heavy atom. The minimum atomic E-state index is -1.51. The molecule has 7 heteroatoms. The number of halogens is 1. The number of rotatable bonds is 7. The Morgan fingerprint density at radius 3 is 2.96 bits per heavy atom. The van der Waals surface area contributed by atoms with E-state index in [-0.39, 0.29) is 19.7 Å². The minimum absolute atomic E-state index is 0.0665. The molecule has 23 heavy (non-hydrogen) atoms. The number of carbonyl (C=O) groups is 1. The van der Waals surface area contributed by atoms with E-state index in [1.54, 1.807) is 6.07 Å². The number of aliphatic hydroxyl groups excluding tert-OH is 1. The van der Waals surface area contributed by atoms with Crippen molar-refractivity contribution in [3.8, 4) is 5.75 Å². The fourth-order valence-corrected chi connectivity index (χ4v) is 2.76. The summed E-state index contributed by atoms with van der Waals surface area (Å²) in [6.07, 6.45) is 0.982. The molecule has 2 rings (SSSR count). The van der Waals surface area contributed by atoms with Gasteiger partial charge in [0.25, 0.3) is 5.91 Å². The predicted molar refractivity (Wildman–Crippen MR) is 82.5 cm³/mol. The van der Waals surface area contributed by atoms with Crippen molar-refractivity contribution in [3.63, 3.8) is 0 Å². The van der Waals surface area contributed by atoms with Crippen molar-refractivity contribution in [1.29, 1.82) is 0 Å². The number of carbonyl (C=O) groups excluding carboxylic acids is 1. The zero-order chi connectivity index (χ0) is 16.9. The minimum Gasteiger partial charge on any atom is -0.497 e. The molecule has 1 amide bonds. The normalized spacial score (nSPS) is 21.6. The van der Waals surface area contributed by atoms with E-state index < -0.39 is 17.3 Å². The number of amides is 1. The van der Waals surface area contributed by atoms with Crippen LogP contribution in [0.2, 0.25) is 0 Å². The molecular weight excluding hydrogens is 303 g/mol. The third-order valence-electron chi connectivity index (χ3n) is 4.02. The molecule has 0 aromatic heterocycles. The van der Waals surface area contributed by atoms with Crippen LogP contribution < -0.4 is 10.1 Å². The fourth-order valence-electron chi connectivity index (χ4n) is 2.76. The molecule has 1 aliphatic rings. The predicted octanol–water partition coefficient (Wildman–Crippen LogP) is 0.270. The summed E-state index contributed by atoms with van der Waals surface area (Å²) >= 11 is 0. The number of hydrogen-bond acceptors (Lipinski definition) is 5. The SMILES string of the molecule is COc1ccc(F)c(CN2CCC[C@@](O)(CNCCO)C2=O)c1. The van der Waals surface area contributed by atoms with Crippen molar-refractivity contribution >= 4 is 5.91 Å². The number of piperidine rings is 1. The number of nitrogens with zero attached hydrogens (tertiary/aromatic N) is 1. The van der Waals surface area contributed by atoms with Gasteiger partial charge in [0, 0.05) is 31.7 Å². The highest BCUT2D eigenvalue weighted by molar-refractivity contribution is 5.86. The zero-order valence-electron chi connectivity index (χ0n) is 13.2. The van der Waals surface area contributed by atoms with Crippen LogP contribution in [0.25, 0.3) is 0 Å². The van der Waals surface area contributed by atoms with Crippen molar-refractivity contribution in [2.75, 3.05) is 33.4 Å². The summed E-state index contributed by atoms with van der Waals surface area (Å²) < 4.78 is 19.0. The Balaban J connectivity index is 2.09. The number of hydrogen-bond donors (Lipinski definition) is 3. The number of likely N-dealkylation sites (tertiary alicyclic amines) is 1. The van der Waals surface area contributed by atoms with Crippen LogP contribution in [0.5, 0.6) is 5.75 Å². The van der Waals surface area contributed by atoms with Gasteiger partial charge < -0.3 is 25.2 Å². The van der Waals surface area contributed by atoms with Crippen LogP contribution in [0.4, 0.5) is 4.39 Å². The van der Waals surface area contributed by atoms with Crippen molar-refractivity contribution < 1.29 is 24.1 Å². The number of benzene rings is 1. The van der Waals surface area contributed by atoms with E-state index in [4.69, 9.17) is 9.84 Å². The van der Waals surface area contributed by atoms with E-state index in [1.165, 1.54) is 24.1 Å². The first-order valence-corrected chi connectivity index (χ1v) is 7.66. The summed E-state index contributed by atoms with van der Waals surface area (Å²) in [5, 5.41) is 22.2. The standard InChI is InChI=1S/C16H23FN2O4/c1-23-13-3-4-14(17)12(9-13)10-19-7-2-5-16(22,15(19)21)11-18-6-8-20/h3-4,9,18,20,22H,2,5-8,10-11H2,1H3/t16-/m1/s1. The first-order chi connectivity index (χ1) is 11.0. The maximum atomic E-state index is 13.9. The molecule has 0 spiro atoms. The molecule has 0 radical (unpaired) electrons. The van der Waals surface area contributed by atoms with Crippen LogP contribution in [0.3, 0.4) is 0 Å². The molecule has 1 heterocycles. The summed E-state index contributed by atoms with van der Waals surface area (Å²) in [4.78, 5) is 14.0. The van der Waals surface area contributed by atoms with Crippen LogP contribution >= 0.6 is 0 Å². The van der Waals surface area contributed by atoms with E-state index in [9.17, 15) is 14.3 Å². The number of nitrogens with one attached hydrogen (secondary N) is 1. The lowest BCUT2D eigenvalue weighted by Crippen LogP contribution is -2.57. The monoisotopic (exact) mass is 326 g/mol. The average molecular weight is 326 g/mol. The van der Waals surface area contributed by atoms with E-state index in [0.29, 0.717) is 37.2 Å². The second-order valence-electron chi connectivity index (χ2n) is 5.72. The second kappa shape index (κ2) is 7.72. The smallest absolute Gasteiger partial charge is 0.256 e. The third kappa shape index (κ3) is 4.19. The highest BCUT2D eigenvalue weighted by Gasteiger charge is 2.41. The molecule has 128 valence electrons. The molecule has 1 aliphatic heterocycles. The average Bonchev–Trinajstić information content (AvgIpc) is 2.54. The van der Waals surface area contributed by atoms with Crippen LogP contribution in [0.15, 0.2) is 18.2 Å². The van der Waals surface area contributed by atoms with Gasteiger partial charge in [-0.2, -0.15) is 0 Å². The van der Waals surface area contributed by atoms with Gasteiger partial charge in [0.2, 0.25) is 0 Å². The summed E-state index contributed by atoms with van der Waals surface area (Å²) in [5.74, 6) is -0.312. The van der Waals surface area contributed by atoms with E-state index >= 15 is 0 Å². The topological polar surface area (TPSA) is 82.0 Å². The lowest BCUT2D eigenvalue weighted by atomic mass is 9.91. The van der Waals surface area contributed by atoms with Gasteiger partial charge in [-0.1, -0.05) is 0 Å². The molecule has 1 aromatic rings. The summed E-state index contributed by atoms with van der Waals surface area (Å²) in [7, 11) is 1.49. The molecule has 0 bridgehead atoms. The van der Waals surface area contributed by atoms with Gasteiger partial charge in [0.15, 0.2) is 5.60 Å². The maximum Gasteiger partial charge on any atom is 0.256 e. The molecule has 1 aromatic carbocycles. The first kappa shape index (κ1) is 17.7. The van der Waals surface area contributed by atoms with E-state index in [1.807, 2.05) is 0 Å².